The van der Waals surface area contributed by atoms with Crippen LogP contribution in [0.25, 0.3) is 0 Å². The molecule has 0 N–H and O–H groups in total. The molecule has 1 saturated heterocycles. The van der Waals surface area contributed by atoms with Gasteiger partial charge in [-0.25, -0.2) is 4.21 Å². The van der Waals surface area contributed by atoms with Gasteiger partial charge in [-0.05, 0) is 6.92 Å². The van der Waals surface area contributed by atoms with Crippen molar-refractivity contribution in [1.82, 2.24) is 4.31 Å². The molecule has 0 spiro atoms. The molecule has 0 aliphatic carbocycles. The van der Waals surface area contributed by atoms with Crippen molar-refractivity contribution in [2.45, 2.75) is 32.4 Å². The molecule has 4 heteroatoms. The van der Waals surface area contributed by atoms with E-state index in [-0.39, 0.29) is 11.2 Å². The standard InChI is InChI=1S/C5H9NO2S.C2H6/c1-4-3-5(7)6(2)9(4)8;1-2/h4H,3H2,1-2H3;1-2H3. The molecule has 1 rings (SSSR count). The summed E-state index contributed by atoms with van der Waals surface area (Å²) in [7, 11) is 0.513. The number of hydrogen-bond acceptors (Lipinski definition) is 2. The lowest BCUT2D eigenvalue weighted by atomic mass is 10.3. The number of nitrogens with zero attached hydrogens (tertiary/aromatic N) is 1. The van der Waals surface area contributed by atoms with Crippen LogP contribution >= 0.6 is 0 Å². The molecular formula is C7H15NO2S. The maximum atomic E-state index is 10.9. The van der Waals surface area contributed by atoms with Crippen molar-refractivity contribution >= 4 is 16.9 Å². The lowest BCUT2D eigenvalue weighted by Crippen LogP contribution is -2.20. The summed E-state index contributed by atoms with van der Waals surface area (Å²) in [5.41, 5.74) is 0. The summed E-state index contributed by atoms with van der Waals surface area (Å²) in [5, 5.41) is 0.0162. The molecule has 0 radical (unpaired) electrons. The predicted molar refractivity (Wildman–Crippen MR) is 46.3 cm³/mol. The zero-order chi connectivity index (χ0) is 9.02. The minimum Gasteiger partial charge on any atom is -0.274 e. The normalized spacial score (nSPS) is 29.8. The largest absolute Gasteiger partial charge is 0.274 e. The molecule has 0 bridgehead atoms. The summed E-state index contributed by atoms with van der Waals surface area (Å²) in [6.07, 6.45) is 0.434. The molecule has 66 valence electrons. The smallest absolute Gasteiger partial charge is 0.235 e. The third-order valence-corrected chi connectivity index (χ3v) is 3.03. The Kier molecular flexibility index (Phi) is 4.33. The van der Waals surface area contributed by atoms with Crippen molar-refractivity contribution < 1.29 is 9.00 Å². The van der Waals surface area contributed by atoms with Gasteiger partial charge < -0.3 is 0 Å². The summed E-state index contributed by atoms with van der Waals surface area (Å²) in [5.74, 6) is -0.0131. The highest BCUT2D eigenvalue weighted by Crippen LogP contribution is 2.15. The van der Waals surface area contributed by atoms with Gasteiger partial charge in [-0.3, -0.25) is 9.10 Å². The summed E-state index contributed by atoms with van der Waals surface area (Å²) in [6, 6.07) is 0. The topological polar surface area (TPSA) is 37.4 Å². The van der Waals surface area contributed by atoms with Crippen LogP contribution in [-0.2, 0) is 15.8 Å². The first kappa shape index (κ1) is 10.6. The molecule has 0 aromatic heterocycles. The maximum Gasteiger partial charge on any atom is 0.235 e. The highest BCUT2D eigenvalue weighted by molar-refractivity contribution is 7.84. The van der Waals surface area contributed by atoms with Crippen LogP contribution in [0.1, 0.15) is 27.2 Å². The molecule has 1 heterocycles. The van der Waals surface area contributed by atoms with Gasteiger partial charge >= 0.3 is 0 Å². The van der Waals surface area contributed by atoms with E-state index in [1.807, 2.05) is 20.8 Å². The van der Waals surface area contributed by atoms with Crippen LogP contribution in [0.5, 0.6) is 0 Å². The number of carbonyl (C=O) groups excluding carboxylic acids is 1. The average molecular weight is 177 g/mol. The molecule has 1 fully saturated rings. The van der Waals surface area contributed by atoms with Crippen molar-refractivity contribution in [2.24, 2.45) is 0 Å². The van der Waals surface area contributed by atoms with E-state index in [4.69, 9.17) is 0 Å². The van der Waals surface area contributed by atoms with Crippen molar-refractivity contribution in [1.29, 1.82) is 0 Å². The first-order valence-electron chi connectivity index (χ1n) is 3.80. The quantitative estimate of drug-likeness (QED) is 0.552. The molecule has 0 saturated carbocycles. The second-order valence-electron chi connectivity index (χ2n) is 2.18. The molecule has 0 aromatic rings. The number of hydrogen-bond donors (Lipinski definition) is 0. The van der Waals surface area contributed by atoms with E-state index in [1.165, 1.54) is 4.31 Å². The van der Waals surface area contributed by atoms with Gasteiger partial charge in [0.25, 0.3) is 0 Å². The van der Waals surface area contributed by atoms with Gasteiger partial charge in [-0.15, -0.1) is 0 Å². The number of amides is 1. The van der Waals surface area contributed by atoms with Crippen LogP contribution in [0.3, 0.4) is 0 Å². The van der Waals surface area contributed by atoms with Gasteiger partial charge in [0.05, 0.1) is 5.25 Å². The Morgan fingerprint density at radius 3 is 2.09 bits per heavy atom. The lowest BCUT2D eigenvalue weighted by Gasteiger charge is -2.04. The van der Waals surface area contributed by atoms with Crippen LogP contribution < -0.4 is 0 Å². The van der Waals surface area contributed by atoms with E-state index >= 15 is 0 Å². The third-order valence-electron chi connectivity index (χ3n) is 1.43. The minimum atomic E-state index is -1.06. The van der Waals surface area contributed by atoms with Gasteiger partial charge in [0.1, 0.15) is 11.0 Å². The van der Waals surface area contributed by atoms with Crippen LogP contribution in [0, 0.1) is 0 Å². The zero-order valence-corrected chi connectivity index (χ0v) is 8.27. The van der Waals surface area contributed by atoms with E-state index in [9.17, 15) is 9.00 Å². The fraction of sp³-hybridized carbons (Fsp3) is 0.857. The van der Waals surface area contributed by atoms with E-state index < -0.39 is 11.0 Å². The van der Waals surface area contributed by atoms with Gasteiger partial charge in [0.2, 0.25) is 5.91 Å². The molecule has 1 aliphatic heterocycles. The molecule has 1 amide bonds. The van der Waals surface area contributed by atoms with Gasteiger partial charge in [-0.2, -0.15) is 0 Å². The van der Waals surface area contributed by atoms with Gasteiger partial charge in [0.15, 0.2) is 0 Å². The summed E-state index contributed by atoms with van der Waals surface area (Å²) >= 11 is 0. The zero-order valence-electron chi connectivity index (χ0n) is 7.46. The Bertz CT molecular complexity index is 170. The van der Waals surface area contributed by atoms with Crippen molar-refractivity contribution in [2.75, 3.05) is 7.05 Å². The van der Waals surface area contributed by atoms with E-state index in [0.29, 0.717) is 6.42 Å². The highest BCUT2D eigenvalue weighted by Gasteiger charge is 2.30. The molecule has 2 atom stereocenters. The number of carbonyl (C=O) groups is 1. The summed E-state index contributed by atoms with van der Waals surface area (Å²) in [6.45, 7) is 5.82. The monoisotopic (exact) mass is 177 g/mol. The van der Waals surface area contributed by atoms with Crippen molar-refractivity contribution in [3.63, 3.8) is 0 Å². The van der Waals surface area contributed by atoms with Crippen LogP contribution in [0.2, 0.25) is 0 Å². The molecule has 0 aromatic carbocycles. The predicted octanol–water partition coefficient (Wildman–Crippen LogP) is 0.927. The summed E-state index contributed by atoms with van der Waals surface area (Å²) in [4.78, 5) is 10.7. The fourth-order valence-corrected chi connectivity index (χ4v) is 1.92. The third kappa shape index (κ3) is 2.29. The summed E-state index contributed by atoms with van der Waals surface area (Å²) < 4.78 is 12.2. The van der Waals surface area contributed by atoms with Crippen molar-refractivity contribution in [3.05, 3.63) is 0 Å². The van der Waals surface area contributed by atoms with E-state index in [0.717, 1.165) is 0 Å². The molecule has 3 nitrogen and oxygen atoms in total. The number of rotatable bonds is 0. The second-order valence-corrected chi connectivity index (χ2v) is 4.09. The van der Waals surface area contributed by atoms with Gasteiger partial charge in [-0.1, -0.05) is 13.8 Å². The fourth-order valence-electron chi connectivity index (χ4n) is 0.816. The Balaban J connectivity index is 0.000000461. The molecule has 11 heavy (non-hydrogen) atoms. The van der Waals surface area contributed by atoms with Crippen LogP contribution in [-0.4, -0.2) is 26.7 Å². The SMILES string of the molecule is CC.CC1CC(=O)N(C)S1=O. The maximum absolute atomic E-state index is 10.9. The van der Waals surface area contributed by atoms with Gasteiger partial charge in [0, 0.05) is 13.5 Å². The average Bonchev–Trinajstić information content (AvgIpc) is 2.22. The molecule has 1 aliphatic rings. The Hall–Kier alpha value is -0.380. The Labute approximate surface area is 70.4 Å². The highest BCUT2D eigenvalue weighted by atomic mass is 32.2. The lowest BCUT2D eigenvalue weighted by molar-refractivity contribution is -0.124. The minimum absolute atomic E-state index is 0.0131. The second kappa shape index (κ2) is 4.49. The molecule has 2 unspecified atom stereocenters. The van der Waals surface area contributed by atoms with E-state index in [1.54, 1.807) is 7.05 Å². The Morgan fingerprint density at radius 2 is 2.00 bits per heavy atom. The first-order chi connectivity index (χ1) is 5.13. The van der Waals surface area contributed by atoms with Crippen LogP contribution in [0.15, 0.2) is 0 Å². The van der Waals surface area contributed by atoms with Crippen LogP contribution in [0.4, 0.5) is 0 Å². The van der Waals surface area contributed by atoms with Crippen molar-refractivity contribution in [3.8, 4) is 0 Å². The molecular weight excluding hydrogens is 162 g/mol. The van der Waals surface area contributed by atoms with E-state index in [2.05, 4.69) is 0 Å². The Morgan fingerprint density at radius 1 is 1.55 bits per heavy atom. The first-order valence-corrected chi connectivity index (χ1v) is 4.97.